The summed E-state index contributed by atoms with van der Waals surface area (Å²) in [6.07, 6.45) is 1.71. The maximum absolute atomic E-state index is 12.9. The van der Waals surface area contributed by atoms with Crippen molar-refractivity contribution in [1.29, 1.82) is 5.26 Å². The van der Waals surface area contributed by atoms with E-state index < -0.39 is 0 Å². The summed E-state index contributed by atoms with van der Waals surface area (Å²) in [5.41, 5.74) is 1.30. The van der Waals surface area contributed by atoms with Gasteiger partial charge in [-0.1, -0.05) is 30.3 Å². The summed E-state index contributed by atoms with van der Waals surface area (Å²) < 4.78 is 12.5. The molecular formula is C17H14FNS. The summed E-state index contributed by atoms with van der Waals surface area (Å²) in [6.45, 7) is 0. The molecule has 0 heterocycles. The van der Waals surface area contributed by atoms with Crippen LogP contribution in [0.5, 0.6) is 0 Å². The number of halogens is 1. The van der Waals surface area contributed by atoms with Crippen molar-refractivity contribution < 1.29 is 4.39 Å². The first-order chi connectivity index (χ1) is 9.71. The van der Waals surface area contributed by atoms with Crippen LogP contribution in [0.1, 0.15) is 24.3 Å². The number of nitrogens with zero attached hydrogens (tertiary/aromatic N) is 1. The minimum absolute atomic E-state index is 0.240. The van der Waals surface area contributed by atoms with E-state index in [0.29, 0.717) is 5.92 Å². The fourth-order valence-corrected chi connectivity index (χ4v) is 3.96. The zero-order valence-electron chi connectivity index (χ0n) is 10.9. The molecule has 0 bridgehead atoms. The molecular weight excluding hydrogens is 269 g/mol. The normalized spacial score (nSPS) is 24.7. The zero-order valence-corrected chi connectivity index (χ0v) is 11.7. The van der Waals surface area contributed by atoms with Gasteiger partial charge in [0.15, 0.2) is 0 Å². The molecule has 0 amide bonds. The average Bonchev–Trinajstić information content (AvgIpc) is 2.45. The van der Waals surface area contributed by atoms with Gasteiger partial charge in [0.2, 0.25) is 0 Å². The summed E-state index contributed by atoms with van der Waals surface area (Å²) >= 11 is 1.56. The van der Waals surface area contributed by atoms with Crippen molar-refractivity contribution in [1.82, 2.24) is 0 Å². The van der Waals surface area contributed by atoms with Crippen LogP contribution >= 0.6 is 11.8 Å². The number of benzene rings is 2. The van der Waals surface area contributed by atoms with Gasteiger partial charge in [0.25, 0.3) is 0 Å². The standard InChI is InChI=1S/C17H14FNS/c18-15-6-8-16(9-7-15)20-17(12-19)10-14(11-17)13-4-2-1-3-5-13/h1-9,14H,10-11H2. The molecule has 0 saturated heterocycles. The Bertz CT molecular complexity index is 624. The lowest BCUT2D eigenvalue weighted by molar-refractivity contribution is 0.368. The maximum atomic E-state index is 12.9. The molecule has 0 aromatic heterocycles. The summed E-state index contributed by atoms with van der Waals surface area (Å²) in [5, 5.41) is 9.47. The molecule has 1 saturated carbocycles. The van der Waals surface area contributed by atoms with E-state index in [0.717, 1.165) is 17.7 Å². The summed E-state index contributed by atoms with van der Waals surface area (Å²) in [6, 6.07) is 19.1. The van der Waals surface area contributed by atoms with Gasteiger partial charge < -0.3 is 0 Å². The first kappa shape index (κ1) is 13.2. The van der Waals surface area contributed by atoms with Crippen LogP contribution in [-0.4, -0.2) is 4.75 Å². The Morgan fingerprint density at radius 1 is 1.05 bits per heavy atom. The fourth-order valence-electron chi connectivity index (χ4n) is 2.62. The van der Waals surface area contributed by atoms with Crippen LogP contribution in [0.2, 0.25) is 0 Å². The largest absolute Gasteiger partial charge is 0.207 e. The van der Waals surface area contributed by atoms with Crippen molar-refractivity contribution in [3.63, 3.8) is 0 Å². The molecule has 1 fully saturated rings. The van der Waals surface area contributed by atoms with Gasteiger partial charge in [-0.05, 0) is 48.6 Å². The van der Waals surface area contributed by atoms with Gasteiger partial charge in [0.1, 0.15) is 10.6 Å². The van der Waals surface area contributed by atoms with Gasteiger partial charge in [0.05, 0.1) is 6.07 Å². The summed E-state index contributed by atoms with van der Waals surface area (Å²) in [5.74, 6) is 0.222. The third-order valence-corrected chi connectivity index (χ3v) is 5.08. The first-order valence-corrected chi connectivity index (χ1v) is 7.43. The molecule has 3 rings (SSSR count). The highest BCUT2D eigenvalue weighted by molar-refractivity contribution is 8.01. The minimum atomic E-state index is -0.363. The smallest absolute Gasteiger partial charge is 0.123 e. The molecule has 2 aromatic rings. The molecule has 100 valence electrons. The summed E-state index contributed by atoms with van der Waals surface area (Å²) in [4.78, 5) is 0.958. The van der Waals surface area contributed by atoms with Gasteiger partial charge in [-0.2, -0.15) is 5.26 Å². The predicted molar refractivity (Wildman–Crippen MR) is 79.0 cm³/mol. The molecule has 1 nitrogen and oxygen atoms in total. The Labute approximate surface area is 122 Å². The molecule has 0 radical (unpaired) electrons. The quantitative estimate of drug-likeness (QED) is 0.811. The Morgan fingerprint density at radius 3 is 2.30 bits per heavy atom. The molecule has 0 atom stereocenters. The third-order valence-electron chi connectivity index (χ3n) is 3.75. The fraction of sp³-hybridized carbons (Fsp3) is 0.235. The Kier molecular flexibility index (Phi) is 3.50. The number of nitriles is 1. The average molecular weight is 283 g/mol. The molecule has 2 aromatic carbocycles. The van der Waals surface area contributed by atoms with E-state index in [1.165, 1.54) is 17.7 Å². The van der Waals surface area contributed by atoms with Gasteiger partial charge in [0, 0.05) is 4.90 Å². The molecule has 0 N–H and O–H groups in total. The lowest BCUT2D eigenvalue weighted by Crippen LogP contribution is -2.38. The highest BCUT2D eigenvalue weighted by atomic mass is 32.2. The second-order valence-corrected chi connectivity index (χ2v) is 6.63. The van der Waals surface area contributed by atoms with Crippen molar-refractivity contribution >= 4 is 11.8 Å². The zero-order chi connectivity index (χ0) is 14.0. The number of thioether (sulfide) groups is 1. The summed E-state index contributed by atoms with van der Waals surface area (Å²) in [7, 11) is 0. The Morgan fingerprint density at radius 2 is 1.70 bits per heavy atom. The molecule has 20 heavy (non-hydrogen) atoms. The van der Waals surface area contributed by atoms with Gasteiger partial charge >= 0.3 is 0 Å². The van der Waals surface area contributed by atoms with Crippen LogP contribution in [0.15, 0.2) is 59.5 Å². The molecule has 1 aliphatic rings. The van der Waals surface area contributed by atoms with Gasteiger partial charge in [-0.3, -0.25) is 0 Å². The van der Waals surface area contributed by atoms with E-state index in [1.54, 1.807) is 23.9 Å². The van der Waals surface area contributed by atoms with Crippen molar-refractivity contribution in [2.24, 2.45) is 0 Å². The number of hydrogen-bond acceptors (Lipinski definition) is 2. The van der Waals surface area contributed by atoms with Crippen LogP contribution in [0, 0.1) is 17.1 Å². The van der Waals surface area contributed by atoms with Crippen LogP contribution in [0.25, 0.3) is 0 Å². The monoisotopic (exact) mass is 283 g/mol. The highest BCUT2D eigenvalue weighted by Crippen LogP contribution is 2.54. The van der Waals surface area contributed by atoms with Crippen LogP contribution in [0.3, 0.4) is 0 Å². The third kappa shape index (κ3) is 2.57. The van der Waals surface area contributed by atoms with E-state index >= 15 is 0 Å². The van der Waals surface area contributed by atoms with E-state index in [2.05, 4.69) is 18.2 Å². The van der Waals surface area contributed by atoms with E-state index in [9.17, 15) is 9.65 Å². The van der Waals surface area contributed by atoms with Crippen molar-refractivity contribution in [2.75, 3.05) is 0 Å². The Balaban J connectivity index is 1.70. The maximum Gasteiger partial charge on any atom is 0.123 e. The topological polar surface area (TPSA) is 23.8 Å². The van der Waals surface area contributed by atoms with Gasteiger partial charge in [-0.15, -0.1) is 11.8 Å². The number of hydrogen-bond donors (Lipinski definition) is 0. The van der Waals surface area contributed by atoms with Crippen molar-refractivity contribution in [3.8, 4) is 6.07 Å². The second kappa shape index (κ2) is 5.30. The molecule has 1 aliphatic carbocycles. The van der Waals surface area contributed by atoms with E-state index in [4.69, 9.17) is 0 Å². The van der Waals surface area contributed by atoms with Crippen LogP contribution in [0.4, 0.5) is 4.39 Å². The molecule has 0 unspecified atom stereocenters. The van der Waals surface area contributed by atoms with Gasteiger partial charge in [-0.25, -0.2) is 4.39 Å². The SMILES string of the molecule is N#CC1(Sc2ccc(F)cc2)CC(c2ccccc2)C1. The highest BCUT2D eigenvalue weighted by Gasteiger charge is 2.46. The lowest BCUT2D eigenvalue weighted by atomic mass is 9.71. The molecule has 0 spiro atoms. The Hall–Kier alpha value is -1.79. The first-order valence-electron chi connectivity index (χ1n) is 6.62. The second-order valence-electron chi connectivity index (χ2n) is 5.18. The van der Waals surface area contributed by atoms with Crippen molar-refractivity contribution in [2.45, 2.75) is 28.4 Å². The van der Waals surface area contributed by atoms with E-state index in [1.807, 2.05) is 18.2 Å². The lowest BCUT2D eigenvalue weighted by Gasteiger charge is -2.42. The molecule has 3 heteroatoms. The number of rotatable bonds is 3. The predicted octanol–water partition coefficient (Wildman–Crippen LogP) is 4.76. The van der Waals surface area contributed by atoms with Crippen LogP contribution in [-0.2, 0) is 0 Å². The van der Waals surface area contributed by atoms with E-state index in [-0.39, 0.29) is 10.6 Å². The van der Waals surface area contributed by atoms with Crippen molar-refractivity contribution in [3.05, 3.63) is 66.0 Å². The van der Waals surface area contributed by atoms with Crippen LogP contribution < -0.4 is 0 Å². The molecule has 0 aliphatic heterocycles. The minimum Gasteiger partial charge on any atom is -0.207 e.